The molecule has 0 spiro atoms. The van der Waals surface area contributed by atoms with E-state index < -0.39 is 12.1 Å². The van der Waals surface area contributed by atoms with Crippen LogP contribution in [-0.2, 0) is 16.1 Å². The molecule has 0 heterocycles. The molecule has 23 heavy (non-hydrogen) atoms. The Morgan fingerprint density at radius 3 is 2.52 bits per heavy atom. The molecule has 0 amide bonds. The maximum absolute atomic E-state index is 12.0. The molecule has 0 aliphatic carbocycles. The van der Waals surface area contributed by atoms with Crippen molar-refractivity contribution in [3.8, 4) is 11.8 Å². The maximum Gasteiger partial charge on any atom is 0.347 e. The second-order valence-electron chi connectivity index (χ2n) is 4.74. The molecule has 0 aliphatic rings. The molecule has 2 aromatic carbocycles. The van der Waals surface area contributed by atoms with Crippen molar-refractivity contribution < 1.29 is 14.3 Å². The number of halogens is 2. The first-order valence-electron chi connectivity index (χ1n) is 6.77. The third kappa shape index (κ3) is 4.88. The van der Waals surface area contributed by atoms with Crippen LogP contribution in [0.25, 0.3) is 0 Å². The van der Waals surface area contributed by atoms with Crippen LogP contribution in [0, 0.1) is 11.3 Å². The van der Waals surface area contributed by atoms with Crippen LogP contribution in [0.3, 0.4) is 0 Å². The van der Waals surface area contributed by atoms with Gasteiger partial charge >= 0.3 is 5.97 Å². The molecule has 0 fully saturated rings. The van der Waals surface area contributed by atoms with Gasteiger partial charge in [-0.25, -0.2) is 4.79 Å². The zero-order valence-electron chi connectivity index (χ0n) is 12.3. The molecule has 1 atom stereocenters. The lowest BCUT2D eigenvalue weighted by Gasteiger charge is -2.14. The average molecular weight is 350 g/mol. The monoisotopic (exact) mass is 349 g/mol. The molecule has 0 radical (unpaired) electrons. The van der Waals surface area contributed by atoms with Crippen molar-refractivity contribution in [2.45, 2.75) is 19.6 Å². The van der Waals surface area contributed by atoms with Gasteiger partial charge in [-0.2, -0.15) is 5.26 Å². The highest BCUT2D eigenvalue weighted by Crippen LogP contribution is 2.22. The predicted molar refractivity (Wildman–Crippen MR) is 87.5 cm³/mol. The number of carbonyl (C=O) groups is 1. The molecule has 6 heteroatoms. The van der Waals surface area contributed by atoms with E-state index in [4.69, 9.17) is 37.9 Å². The van der Waals surface area contributed by atoms with Crippen LogP contribution >= 0.6 is 23.2 Å². The fourth-order valence-electron chi connectivity index (χ4n) is 1.77. The fourth-order valence-corrected chi connectivity index (χ4v) is 2.23. The quantitative estimate of drug-likeness (QED) is 0.751. The molecule has 0 N–H and O–H groups in total. The van der Waals surface area contributed by atoms with Crippen molar-refractivity contribution in [3.63, 3.8) is 0 Å². The van der Waals surface area contributed by atoms with Gasteiger partial charge in [0.1, 0.15) is 12.4 Å². The number of hydrogen-bond donors (Lipinski definition) is 0. The van der Waals surface area contributed by atoms with Crippen molar-refractivity contribution in [1.29, 1.82) is 5.26 Å². The van der Waals surface area contributed by atoms with Crippen molar-refractivity contribution in [3.05, 3.63) is 63.6 Å². The number of benzene rings is 2. The first-order chi connectivity index (χ1) is 11.0. The highest BCUT2D eigenvalue weighted by atomic mass is 35.5. The third-order valence-electron chi connectivity index (χ3n) is 3.01. The number of rotatable bonds is 5. The zero-order chi connectivity index (χ0) is 16.8. The van der Waals surface area contributed by atoms with Gasteiger partial charge < -0.3 is 9.47 Å². The lowest BCUT2D eigenvalue weighted by atomic mass is 10.2. The van der Waals surface area contributed by atoms with E-state index in [1.807, 2.05) is 6.07 Å². The normalized spacial score (nSPS) is 11.4. The smallest absolute Gasteiger partial charge is 0.347 e. The predicted octanol–water partition coefficient (Wildman–Crippen LogP) is 4.38. The molecule has 0 saturated heterocycles. The van der Waals surface area contributed by atoms with Crippen molar-refractivity contribution >= 4 is 29.2 Å². The van der Waals surface area contributed by atoms with E-state index in [-0.39, 0.29) is 6.61 Å². The summed E-state index contributed by atoms with van der Waals surface area (Å²) in [5.74, 6) is -0.0293. The van der Waals surface area contributed by atoms with Crippen LogP contribution in [0.15, 0.2) is 42.5 Å². The second kappa shape index (κ2) is 7.87. The van der Waals surface area contributed by atoms with Gasteiger partial charge in [-0.05, 0) is 43.3 Å². The minimum atomic E-state index is -0.783. The number of esters is 1. The van der Waals surface area contributed by atoms with E-state index in [9.17, 15) is 4.79 Å². The standard InChI is InChI=1S/C17H13Cl2NO3/c1-11(23-15-6-2-12(9-20)3-7-15)17(21)22-10-13-4-5-14(18)8-16(13)19/h2-8,11H,10H2,1H3/t11-/m0/s1. The van der Waals surface area contributed by atoms with Gasteiger partial charge in [0.2, 0.25) is 0 Å². The number of hydrogen-bond acceptors (Lipinski definition) is 4. The minimum absolute atomic E-state index is 0.0376. The Bertz CT molecular complexity index is 738. The summed E-state index contributed by atoms with van der Waals surface area (Å²) in [7, 11) is 0. The molecular formula is C17H13Cl2NO3. The van der Waals surface area contributed by atoms with Crippen LogP contribution in [0.2, 0.25) is 10.0 Å². The Balaban J connectivity index is 1.90. The van der Waals surface area contributed by atoms with E-state index in [0.29, 0.717) is 26.9 Å². The summed E-state index contributed by atoms with van der Waals surface area (Å²) in [5.41, 5.74) is 1.18. The summed E-state index contributed by atoms with van der Waals surface area (Å²) in [6, 6.07) is 13.4. The molecular weight excluding hydrogens is 337 g/mol. The topological polar surface area (TPSA) is 59.3 Å². The Labute approximate surface area is 144 Å². The van der Waals surface area contributed by atoms with Crippen LogP contribution < -0.4 is 4.74 Å². The number of nitriles is 1. The average Bonchev–Trinajstić information content (AvgIpc) is 2.54. The van der Waals surface area contributed by atoms with Gasteiger partial charge in [-0.1, -0.05) is 29.3 Å². The third-order valence-corrected chi connectivity index (χ3v) is 3.60. The van der Waals surface area contributed by atoms with Gasteiger partial charge in [0.25, 0.3) is 0 Å². The molecule has 118 valence electrons. The molecule has 0 aliphatic heterocycles. The van der Waals surface area contributed by atoms with Crippen molar-refractivity contribution in [2.24, 2.45) is 0 Å². The van der Waals surface area contributed by atoms with Crippen LogP contribution in [0.5, 0.6) is 5.75 Å². The summed E-state index contributed by atoms with van der Waals surface area (Å²) in [5, 5.41) is 9.68. The molecule has 4 nitrogen and oxygen atoms in total. The summed E-state index contributed by atoms with van der Waals surface area (Å²) in [6.07, 6.45) is -0.783. The van der Waals surface area contributed by atoms with Gasteiger partial charge in [0.05, 0.1) is 11.6 Å². The molecule has 0 unspecified atom stereocenters. The van der Waals surface area contributed by atoms with E-state index in [2.05, 4.69) is 0 Å². The second-order valence-corrected chi connectivity index (χ2v) is 5.58. The summed E-state index contributed by atoms with van der Waals surface area (Å²) < 4.78 is 10.7. The van der Waals surface area contributed by atoms with Crippen LogP contribution in [0.1, 0.15) is 18.1 Å². The molecule has 0 aromatic heterocycles. The molecule has 2 aromatic rings. The van der Waals surface area contributed by atoms with Gasteiger partial charge in [0, 0.05) is 15.6 Å². The van der Waals surface area contributed by atoms with E-state index in [1.165, 1.54) is 0 Å². The lowest BCUT2D eigenvalue weighted by Crippen LogP contribution is -2.26. The number of carbonyl (C=O) groups excluding carboxylic acids is 1. The minimum Gasteiger partial charge on any atom is -0.479 e. The van der Waals surface area contributed by atoms with Gasteiger partial charge in [0.15, 0.2) is 6.10 Å². The Kier molecular flexibility index (Phi) is 5.86. The van der Waals surface area contributed by atoms with E-state index in [0.717, 1.165) is 0 Å². The largest absolute Gasteiger partial charge is 0.479 e. The van der Waals surface area contributed by atoms with Crippen LogP contribution in [-0.4, -0.2) is 12.1 Å². The Hall–Kier alpha value is -2.22. The SMILES string of the molecule is C[C@H](Oc1ccc(C#N)cc1)C(=O)OCc1ccc(Cl)cc1Cl. The van der Waals surface area contributed by atoms with E-state index in [1.54, 1.807) is 49.4 Å². The van der Waals surface area contributed by atoms with E-state index >= 15 is 0 Å². The molecule has 2 rings (SSSR count). The highest BCUT2D eigenvalue weighted by Gasteiger charge is 2.17. The van der Waals surface area contributed by atoms with Crippen LogP contribution in [0.4, 0.5) is 0 Å². The van der Waals surface area contributed by atoms with Gasteiger partial charge in [-0.15, -0.1) is 0 Å². The summed E-state index contributed by atoms with van der Waals surface area (Å²) >= 11 is 11.8. The molecule has 0 bridgehead atoms. The Morgan fingerprint density at radius 1 is 1.22 bits per heavy atom. The lowest BCUT2D eigenvalue weighted by molar-refractivity contribution is -0.152. The van der Waals surface area contributed by atoms with Crippen molar-refractivity contribution in [1.82, 2.24) is 0 Å². The molecule has 0 saturated carbocycles. The first-order valence-corrected chi connectivity index (χ1v) is 7.52. The van der Waals surface area contributed by atoms with Gasteiger partial charge in [-0.3, -0.25) is 0 Å². The summed E-state index contributed by atoms with van der Waals surface area (Å²) in [4.78, 5) is 12.0. The first kappa shape index (κ1) is 17.1. The fraction of sp³-hybridized carbons (Fsp3) is 0.176. The maximum atomic E-state index is 12.0. The number of nitrogens with zero attached hydrogens (tertiary/aromatic N) is 1. The summed E-state index contributed by atoms with van der Waals surface area (Å²) in [6.45, 7) is 1.62. The van der Waals surface area contributed by atoms with Crippen molar-refractivity contribution in [2.75, 3.05) is 0 Å². The Morgan fingerprint density at radius 2 is 1.91 bits per heavy atom. The zero-order valence-corrected chi connectivity index (χ0v) is 13.8. The highest BCUT2D eigenvalue weighted by molar-refractivity contribution is 6.35. The number of ether oxygens (including phenoxy) is 2.